The van der Waals surface area contributed by atoms with Crippen LogP contribution in [-0.4, -0.2) is 23.5 Å². The Kier molecular flexibility index (Phi) is 2.91. The summed E-state index contributed by atoms with van der Waals surface area (Å²) in [5.74, 6) is -0.986. The van der Waals surface area contributed by atoms with E-state index in [0.717, 1.165) is 11.3 Å². The fourth-order valence-electron chi connectivity index (χ4n) is 3.24. The van der Waals surface area contributed by atoms with Gasteiger partial charge in [0, 0.05) is 18.2 Å². The molecule has 0 spiro atoms. The number of benzene rings is 1. The van der Waals surface area contributed by atoms with E-state index in [-0.39, 0.29) is 17.2 Å². The van der Waals surface area contributed by atoms with Crippen LogP contribution >= 0.6 is 0 Å². The van der Waals surface area contributed by atoms with Crippen molar-refractivity contribution in [3.8, 4) is 0 Å². The number of para-hydroxylation sites is 1. The zero-order valence-electron chi connectivity index (χ0n) is 12.7. The number of carboxylic acids is 1. The number of carbonyl (C=O) groups excluding carboxylic acids is 1. The van der Waals surface area contributed by atoms with E-state index in [1.807, 2.05) is 18.2 Å². The quantitative estimate of drug-likeness (QED) is 0.851. The maximum atomic E-state index is 12.8. The van der Waals surface area contributed by atoms with Crippen molar-refractivity contribution in [2.45, 2.75) is 39.5 Å². The summed E-state index contributed by atoms with van der Waals surface area (Å²) in [6.07, 6.45) is 0.917. The molecule has 1 saturated carbocycles. The summed E-state index contributed by atoms with van der Waals surface area (Å²) in [5, 5.41) is 9.36. The van der Waals surface area contributed by atoms with Gasteiger partial charge in [-0.3, -0.25) is 9.59 Å². The van der Waals surface area contributed by atoms with Gasteiger partial charge in [0.1, 0.15) is 5.41 Å². The number of aliphatic carboxylic acids is 1. The third-order valence-corrected chi connectivity index (χ3v) is 4.83. The summed E-state index contributed by atoms with van der Waals surface area (Å²) in [7, 11) is 0. The normalized spacial score (nSPS) is 22.8. The Hall–Kier alpha value is -1.84. The minimum absolute atomic E-state index is 0.0328. The lowest BCUT2D eigenvalue weighted by molar-refractivity contribution is -0.148. The van der Waals surface area contributed by atoms with Crippen molar-refractivity contribution in [1.82, 2.24) is 0 Å². The van der Waals surface area contributed by atoms with E-state index in [1.54, 1.807) is 4.90 Å². The largest absolute Gasteiger partial charge is 0.480 e. The molecule has 1 unspecified atom stereocenters. The molecular weight excluding hydrogens is 266 g/mol. The van der Waals surface area contributed by atoms with E-state index in [2.05, 4.69) is 26.8 Å². The van der Waals surface area contributed by atoms with Gasteiger partial charge >= 0.3 is 5.97 Å². The summed E-state index contributed by atoms with van der Waals surface area (Å²) < 4.78 is 0. The minimum Gasteiger partial charge on any atom is -0.480 e. The lowest BCUT2D eigenvalue weighted by Crippen LogP contribution is -2.41. The van der Waals surface area contributed by atoms with Gasteiger partial charge < -0.3 is 10.0 Å². The van der Waals surface area contributed by atoms with E-state index in [4.69, 9.17) is 0 Å². The van der Waals surface area contributed by atoms with E-state index >= 15 is 0 Å². The molecule has 1 N–H and O–H groups in total. The van der Waals surface area contributed by atoms with Gasteiger partial charge in [-0.2, -0.15) is 0 Å². The first-order valence-corrected chi connectivity index (χ1v) is 7.42. The van der Waals surface area contributed by atoms with Crippen LogP contribution in [0.2, 0.25) is 0 Å². The van der Waals surface area contributed by atoms with Gasteiger partial charge in [-0.05, 0) is 29.9 Å². The standard InChI is InChI=1S/C17H21NO3/c1-16(2,3)12-10-18(13-7-5-4-6-11(12)13)14(19)17(8-9-17)15(20)21/h4-7,12H,8-10H2,1-3H3,(H,20,21). The molecule has 1 amide bonds. The molecule has 1 fully saturated rings. The van der Waals surface area contributed by atoms with Crippen molar-refractivity contribution < 1.29 is 14.7 Å². The van der Waals surface area contributed by atoms with Crippen LogP contribution in [0.25, 0.3) is 0 Å². The Labute approximate surface area is 124 Å². The fraction of sp³-hybridized carbons (Fsp3) is 0.529. The molecule has 2 aliphatic rings. The maximum Gasteiger partial charge on any atom is 0.319 e. The van der Waals surface area contributed by atoms with E-state index in [1.165, 1.54) is 0 Å². The third kappa shape index (κ3) is 2.04. The first-order valence-electron chi connectivity index (χ1n) is 7.42. The van der Waals surface area contributed by atoms with Gasteiger partial charge in [0.2, 0.25) is 5.91 Å². The van der Waals surface area contributed by atoms with E-state index < -0.39 is 11.4 Å². The first-order chi connectivity index (χ1) is 9.77. The molecule has 1 aliphatic heterocycles. The van der Waals surface area contributed by atoms with Crippen molar-refractivity contribution >= 4 is 17.6 Å². The zero-order valence-corrected chi connectivity index (χ0v) is 12.7. The second-order valence-corrected chi connectivity index (χ2v) is 7.28. The van der Waals surface area contributed by atoms with E-state index in [0.29, 0.717) is 19.4 Å². The van der Waals surface area contributed by atoms with Crippen LogP contribution < -0.4 is 4.90 Å². The molecule has 21 heavy (non-hydrogen) atoms. The number of hydrogen-bond acceptors (Lipinski definition) is 2. The summed E-state index contributed by atoms with van der Waals surface area (Å²) in [5.41, 5.74) is 0.903. The molecule has 0 saturated heterocycles. The molecule has 1 aliphatic carbocycles. The summed E-state index contributed by atoms with van der Waals surface area (Å²) in [6, 6.07) is 7.87. The van der Waals surface area contributed by atoms with Crippen LogP contribution in [0.5, 0.6) is 0 Å². The van der Waals surface area contributed by atoms with Crippen LogP contribution in [-0.2, 0) is 9.59 Å². The van der Waals surface area contributed by atoms with Gasteiger partial charge in [0.05, 0.1) is 0 Å². The third-order valence-electron chi connectivity index (χ3n) is 4.83. The van der Waals surface area contributed by atoms with Crippen LogP contribution in [0.3, 0.4) is 0 Å². The number of carbonyl (C=O) groups is 2. The number of rotatable bonds is 2. The topological polar surface area (TPSA) is 57.6 Å². The molecule has 4 heteroatoms. The highest BCUT2D eigenvalue weighted by atomic mass is 16.4. The number of carboxylic acid groups (broad SMARTS) is 1. The molecule has 1 atom stereocenters. The second kappa shape index (κ2) is 4.33. The number of amides is 1. The summed E-state index contributed by atoms with van der Waals surface area (Å²) in [4.78, 5) is 25.9. The molecule has 0 aromatic heterocycles. The molecular formula is C17H21NO3. The molecule has 1 aromatic rings. The number of nitrogens with zero attached hydrogens (tertiary/aromatic N) is 1. The highest BCUT2D eigenvalue weighted by molar-refractivity contribution is 6.12. The summed E-state index contributed by atoms with van der Waals surface area (Å²) >= 11 is 0. The van der Waals surface area contributed by atoms with Gasteiger partial charge in [-0.1, -0.05) is 39.0 Å². The molecule has 0 bridgehead atoms. The van der Waals surface area contributed by atoms with Crippen LogP contribution in [0.15, 0.2) is 24.3 Å². The Morgan fingerprint density at radius 1 is 1.24 bits per heavy atom. The molecule has 3 rings (SSSR count). The summed E-state index contributed by atoms with van der Waals surface area (Å²) in [6.45, 7) is 7.06. The Balaban J connectivity index is 1.99. The average Bonchev–Trinajstić information content (AvgIpc) is 3.12. The Bertz CT molecular complexity index is 611. The average molecular weight is 287 g/mol. The predicted octanol–water partition coefficient (Wildman–Crippen LogP) is 3.03. The Morgan fingerprint density at radius 2 is 1.86 bits per heavy atom. The van der Waals surface area contributed by atoms with Gasteiger partial charge in [0.25, 0.3) is 0 Å². The van der Waals surface area contributed by atoms with Crippen molar-refractivity contribution in [3.05, 3.63) is 29.8 Å². The van der Waals surface area contributed by atoms with Gasteiger partial charge in [-0.25, -0.2) is 0 Å². The van der Waals surface area contributed by atoms with Crippen molar-refractivity contribution in [2.75, 3.05) is 11.4 Å². The highest BCUT2D eigenvalue weighted by Crippen LogP contribution is 2.52. The molecule has 4 nitrogen and oxygen atoms in total. The highest BCUT2D eigenvalue weighted by Gasteiger charge is 2.60. The molecule has 112 valence electrons. The lowest BCUT2D eigenvalue weighted by atomic mass is 9.78. The monoisotopic (exact) mass is 287 g/mol. The smallest absolute Gasteiger partial charge is 0.319 e. The zero-order chi connectivity index (χ0) is 15.4. The van der Waals surface area contributed by atoms with Crippen molar-refractivity contribution in [2.24, 2.45) is 10.8 Å². The first kappa shape index (κ1) is 14.1. The lowest BCUT2D eigenvalue weighted by Gasteiger charge is -2.28. The van der Waals surface area contributed by atoms with Gasteiger partial charge in [-0.15, -0.1) is 0 Å². The van der Waals surface area contributed by atoms with Crippen LogP contribution in [0, 0.1) is 10.8 Å². The van der Waals surface area contributed by atoms with Crippen LogP contribution in [0.1, 0.15) is 45.1 Å². The maximum absolute atomic E-state index is 12.8. The van der Waals surface area contributed by atoms with Crippen LogP contribution in [0.4, 0.5) is 5.69 Å². The van der Waals surface area contributed by atoms with Crippen molar-refractivity contribution in [3.63, 3.8) is 0 Å². The minimum atomic E-state index is -1.17. The Morgan fingerprint density at radius 3 is 2.38 bits per heavy atom. The van der Waals surface area contributed by atoms with Crippen molar-refractivity contribution in [1.29, 1.82) is 0 Å². The second-order valence-electron chi connectivity index (χ2n) is 7.28. The van der Waals surface area contributed by atoms with Gasteiger partial charge in [0.15, 0.2) is 0 Å². The predicted molar refractivity (Wildman–Crippen MR) is 80.3 cm³/mol. The number of fused-ring (bicyclic) bond motifs is 1. The number of hydrogen-bond donors (Lipinski definition) is 1. The molecule has 1 heterocycles. The molecule has 0 radical (unpaired) electrons. The fourth-order valence-corrected chi connectivity index (χ4v) is 3.24. The SMILES string of the molecule is CC(C)(C)C1CN(C(=O)C2(C(=O)O)CC2)c2ccccc21. The molecule has 1 aromatic carbocycles. The number of anilines is 1. The van der Waals surface area contributed by atoms with E-state index in [9.17, 15) is 14.7 Å².